The third-order valence-corrected chi connectivity index (χ3v) is 4.23. The van der Waals surface area contributed by atoms with E-state index >= 15 is 0 Å². The van der Waals surface area contributed by atoms with Gasteiger partial charge in [0, 0.05) is 23.4 Å². The number of nitrogens with zero attached hydrogens (tertiary/aromatic N) is 1. The Morgan fingerprint density at radius 1 is 1.26 bits per heavy atom. The van der Waals surface area contributed by atoms with Gasteiger partial charge >= 0.3 is 0 Å². The first kappa shape index (κ1) is 13.8. The van der Waals surface area contributed by atoms with E-state index in [4.69, 9.17) is 0 Å². The lowest BCUT2D eigenvalue weighted by molar-refractivity contribution is -0.385. The van der Waals surface area contributed by atoms with Crippen molar-refractivity contribution in [2.45, 2.75) is 52.5 Å². The standard InChI is InChI=1S/C15H22N2O2/c1-10-9-15(17(18)19)11(2)8-14(10)16-12(3)13-6-4-5-7-13/h8-9,12-13,16H,4-7H2,1-3H3. The molecule has 1 aliphatic rings. The molecule has 19 heavy (non-hydrogen) atoms. The van der Waals surface area contributed by atoms with Crippen LogP contribution in [-0.4, -0.2) is 11.0 Å². The molecule has 0 spiro atoms. The summed E-state index contributed by atoms with van der Waals surface area (Å²) in [4.78, 5) is 10.6. The van der Waals surface area contributed by atoms with Gasteiger partial charge in [0.1, 0.15) is 0 Å². The highest BCUT2D eigenvalue weighted by atomic mass is 16.6. The average molecular weight is 262 g/mol. The number of hydrogen-bond donors (Lipinski definition) is 1. The zero-order valence-electron chi connectivity index (χ0n) is 11.9. The smallest absolute Gasteiger partial charge is 0.272 e. The van der Waals surface area contributed by atoms with Gasteiger partial charge in [-0.3, -0.25) is 10.1 Å². The van der Waals surface area contributed by atoms with Crippen LogP contribution in [0, 0.1) is 29.9 Å². The van der Waals surface area contributed by atoms with Gasteiger partial charge in [0.2, 0.25) is 0 Å². The lowest BCUT2D eigenvalue weighted by atomic mass is 9.98. The maximum Gasteiger partial charge on any atom is 0.272 e. The van der Waals surface area contributed by atoms with E-state index in [0.717, 1.165) is 22.7 Å². The van der Waals surface area contributed by atoms with Crippen molar-refractivity contribution in [1.29, 1.82) is 0 Å². The Hall–Kier alpha value is -1.58. The summed E-state index contributed by atoms with van der Waals surface area (Å²) in [5.74, 6) is 0.731. The van der Waals surface area contributed by atoms with Crippen molar-refractivity contribution in [1.82, 2.24) is 0 Å². The highest BCUT2D eigenvalue weighted by molar-refractivity contribution is 5.59. The summed E-state index contributed by atoms with van der Waals surface area (Å²) < 4.78 is 0. The quantitative estimate of drug-likeness (QED) is 0.653. The summed E-state index contributed by atoms with van der Waals surface area (Å²) >= 11 is 0. The van der Waals surface area contributed by atoms with Crippen LogP contribution in [0.2, 0.25) is 0 Å². The first-order chi connectivity index (χ1) is 8.99. The van der Waals surface area contributed by atoms with Gasteiger partial charge in [-0.05, 0) is 51.2 Å². The molecule has 104 valence electrons. The molecule has 4 heteroatoms. The minimum Gasteiger partial charge on any atom is -0.382 e. The molecule has 1 saturated carbocycles. The Kier molecular flexibility index (Phi) is 4.08. The van der Waals surface area contributed by atoms with E-state index in [9.17, 15) is 10.1 Å². The van der Waals surface area contributed by atoms with Gasteiger partial charge in [0.15, 0.2) is 0 Å². The van der Waals surface area contributed by atoms with Crippen LogP contribution in [-0.2, 0) is 0 Å². The molecule has 1 fully saturated rings. The molecule has 0 aromatic heterocycles. The molecular formula is C15H22N2O2. The van der Waals surface area contributed by atoms with Crippen molar-refractivity contribution in [3.63, 3.8) is 0 Å². The van der Waals surface area contributed by atoms with Gasteiger partial charge in [0.25, 0.3) is 5.69 Å². The minimum atomic E-state index is -0.313. The summed E-state index contributed by atoms with van der Waals surface area (Å²) in [7, 11) is 0. The molecule has 1 aromatic rings. The largest absolute Gasteiger partial charge is 0.382 e. The third-order valence-electron chi connectivity index (χ3n) is 4.23. The first-order valence-electron chi connectivity index (χ1n) is 7.01. The fourth-order valence-electron chi connectivity index (χ4n) is 2.97. The molecule has 0 bridgehead atoms. The van der Waals surface area contributed by atoms with Gasteiger partial charge in [-0.15, -0.1) is 0 Å². The van der Waals surface area contributed by atoms with Crippen LogP contribution in [0.1, 0.15) is 43.7 Å². The maximum absolute atomic E-state index is 10.9. The highest BCUT2D eigenvalue weighted by Crippen LogP contribution is 2.31. The van der Waals surface area contributed by atoms with Crippen LogP contribution in [0.4, 0.5) is 11.4 Å². The molecule has 0 aliphatic heterocycles. The molecular weight excluding hydrogens is 240 g/mol. The van der Waals surface area contributed by atoms with E-state index < -0.39 is 0 Å². The second-order valence-electron chi connectivity index (χ2n) is 5.69. The van der Waals surface area contributed by atoms with Crippen LogP contribution >= 0.6 is 0 Å². The molecule has 1 aliphatic carbocycles. The Balaban J connectivity index is 2.16. The number of hydrogen-bond acceptors (Lipinski definition) is 3. The number of benzene rings is 1. The van der Waals surface area contributed by atoms with E-state index in [0.29, 0.717) is 6.04 Å². The number of anilines is 1. The van der Waals surface area contributed by atoms with Crippen LogP contribution in [0.3, 0.4) is 0 Å². The van der Waals surface area contributed by atoms with Crippen molar-refractivity contribution < 1.29 is 4.92 Å². The fourth-order valence-corrected chi connectivity index (χ4v) is 2.97. The van der Waals surface area contributed by atoms with Crippen molar-refractivity contribution >= 4 is 11.4 Å². The van der Waals surface area contributed by atoms with E-state index in [1.807, 2.05) is 13.0 Å². The molecule has 0 radical (unpaired) electrons. The van der Waals surface area contributed by atoms with E-state index in [1.165, 1.54) is 25.7 Å². The van der Waals surface area contributed by atoms with Gasteiger partial charge in [-0.2, -0.15) is 0 Å². The number of nitro groups is 1. The zero-order chi connectivity index (χ0) is 14.0. The topological polar surface area (TPSA) is 55.2 Å². The van der Waals surface area contributed by atoms with E-state index in [2.05, 4.69) is 12.2 Å². The molecule has 0 heterocycles. The summed E-state index contributed by atoms with van der Waals surface area (Å²) in [6, 6.07) is 4.00. The van der Waals surface area contributed by atoms with Crippen LogP contribution in [0.5, 0.6) is 0 Å². The SMILES string of the molecule is Cc1cc([N+](=O)[O-])c(C)cc1NC(C)C1CCCC1. The van der Waals surface area contributed by atoms with Gasteiger partial charge in [-0.25, -0.2) is 0 Å². The number of nitrogens with one attached hydrogen (secondary N) is 1. The Morgan fingerprint density at radius 2 is 1.89 bits per heavy atom. The molecule has 4 nitrogen and oxygen atoms in total. The van der Waals surface area contributed by atoms with Gasteiger partial charge < -0.3 is 5.32 Å². The number of aryl methyl sites for hydroxylation is 2. The molecule has 2 rings (SSSR count). The monoisotopic (exact) mass is 262 g/mol. The summed E-state index contributed by atoms with van der Waals surface area (Å²) in [5.41, 5.74) is 2.90. The Labute approximate surface area is 114 Å². The van der Waals surface area contributed by atoms with Gasteiger partial charge in [-0.1, -0.05) is 12.8 Å². The summed E-state index contributed by atoms with van der Waals surface area (Å²) in [6.07, 6.45) is 5.24. The van der Waals surface area contributed by atoms with Crippen molar-refractivity contribution in [2.75, 3.05) is 5.32 Å². The highest BCUT2D eigenvalue weighted by Gasteiger charge is 2.22. The number of rotatable bonds is 4. The summed E-state index contributed by atoms with van der Waals surface area (Å²) in [6.45, 7) is 5.94. The molecule has 1 atom stereocenters. The lowest BCUT2D eigenvalue weighted by Gasteiger charge is -2.23. The van der Waals surface area contributed by atoms with Crippen molar-refractivity contribution in [3.8, 4) is 0 Å². The predicted molar refractivity (Wildman–Crippen MR) is 77.6 cm³/mol. The fraction of sp³-hybridized carbons (Fsp3) is 0.600. The minimum absolute atomic E-state index is 0.205. The molecule has 1 aromatic carbocycles. The molecule has 1 unspecified atom stereocenters. The van der Waals surface area contributed by atoms with E-state index in [-0.39, 0.29) is 10.6 Å². The predicted octanol–water partition coefficient (Wildman–Crippen LogP) is 4.20. The second kappa shape index (κ2) is 5.59. The van der Waals surface area contributed by atoms with Crippen molar-refractivity contribution in [2.24, 2.45) is 5.92 Å². The van der Waals surface area contributed by atoms with Crippen LogP contribution in [0.15, 0.2) is 12.1 Å². The van der Waals surface area contributed by atoms with Crippen molar-refractivity contribution in [3.05, 3.63) is 33.4 Å². The third kappa shape index (κ3) is 3.06. The van der Waals surface area contributed by atoms with E-state index in [1.54, 1.807) is 13.0 Å². The number of nitro benzene ring substituents is 1. The molecule has 0 amide bonds. The van der Waals surface area contributed by atoms with Crippen LogP contribution < -0.4 is 5.32 Å². The summed E-state index contributed by atoms with van der Waals surface area (Å²) in [5, 5.41) is 14.4. The molecule has 1 N–H and O–H groups in total. The van der Waals surface area contributed by atoms with Crippen LogP contribution in [0.25, 0.3) is 0 Å². The van der Waals surface area contributed by atoms with Gasteiger partial charge in [0.05, 0.1) is 4.92 Å². The first-order valence-corrected chi connectivity index (χ1v) is 7.01. The Morgan fingerprint density at radius 3 is 2.47 bits per heavy atom. The average Bonchev–Trinajstić information content (AvgIpc) is 2.86. The maximum atomic E-state index is 10.9. The normalized spacial score (nSPS) is 17.4. The Bertz CT molecular complexity index is 479. The lowest BCUT2D eigenvalue weighted by Crippen LogP contribution is -2.24. The molecule has 0 saturated heterocycles. The second-order valence-corrected chi connectivity index (χ2v) is 5.69. The zero-order valence-corrected chi connectivity index (χ0v) is 11.9.